The number of benzene rings is 2. The Morgan fingerprint density at radius 1 is 1.15 bits per heavy atom. The molecule has 7 rings (SSSR count). The second-order valence-electron chi connectivity index (χ2n) is 11.4. The number of fused-ring (bicyclic) bond motifs is 9. The van der Waals surface area contributed by atoms with E-state index in [0.29, 0.717) is 40.4 Å². The van der Waals surface area contributed by atoms with Crippen LogP contribution in [0.3, 0.4) is 0 Å². The van der Waals surface area contributed by atoms with Crippen LogP contribution < -0.4 is 19.9 Å². The van der Waals surface area contributed by atoms with Crippen molar-refractivity contribution in [2.75, 3.05) is 33.3 Å². The van der Waals surface area contributed by atoms with Gasteiger partial charge in [0.15, 0.2) is 23.0 Å². The molecule has 216 valence electrons. The number of nitriles is 1. The van der Waals surface area contributed by atoms with E-state index in [2.05, 4.69) is 15.9 Å². The zero-order chi connectivity index (χ0) is 28.9. The lowest BCUT2D eigenvalue weighted by atomic mass is 9.71. The number of hydrogen-bond acceptors (Lipinski definition) is 12. The molecule has 2 aromatic carbocycles. The third-order valence-electron chi connectivity index (χ3n) is 9.47. The maximum Gasteiger partial charge on any atom is 0.323 e. The topological polar surface area (TPSA) is 151 Å². The van der Waals surface area contributed by atoms with Crippen LogP contribution in [-0.4, -0.2) is 83.5 Å². The Morgan fingerprint density at radius 3 is 2.63 bits per heavy atom. The smallest absolute Gasteiger partial charge is 0.323 e. The third-order valence-corrected chi connectivity index (χ3v) is 10.9. The number of phenolic OH excluding ortho intramolecular Hbond substituents is 2. The maximum atomic E-state index is 12.8. The quantitative estimate of drug-likeness (QED) is 0.425. The normalized spacial score (nSPS) is 31.9. The SMILES string of the molecule is COc1c(C)cc2c(c1O)[C@@H]1C3[C@@H]4SC[C@H](N)C(=O)OC[C@H](c5c6c(c(C)c(O)c54)OCO6)N3[C@@H](C#N)[C@H](C2)N1C. The molecule has 0 saturated carbocycles. The number of cyclic esters (lactones) is 1. The van der Waals surface area contributed by atoms with E-state index >= 15 is 0 Å². The van der Waals surface area contributed by atoms with Crippen molar-refractivity contribution < 1.29 is 34.0 Å². The molecule has 11 nitrogen and oxygen atoms in total. The summed E-state index contributed by atoms with van der Waals surface area (Å²) in [6, 6.07) is 1.56. The Balaban J connectivity index is 1.54. The molecule has 5 heterocycles. The Morgan fingerprint density at radius 2 is 1.90 bits per heavy atom. The molecule has 1 unspecified atom stereocenters. The summed E-state index contributed by atoms with van der Waals surface area (Å²) in [5.74, 6) is 1.27. The summed E-state index contributed by atoms with van der Waals surface area (Å²) in [4.78, 5) is 17.1. The zero-order valence-electron chi connectivity index (χ0n) is 23.2. The van der Waals surface area contributed by atoms with Gasteiger partial charge in [0.2, 0.25) is 6.79 Å². The van der Waals surface area contributed by atoms with Crippen LogP contribution in [0.5, 0.6) is 28.7 Å². The molecule has 7 atom stereocenters. The summed E-state index contributed by atoms with van der Waals surface area (Å²) in [6.45, 7) is 3.61. The fourth-order valence-corrected chi connectivity index (χ4v) is 9.16. The number of phenols is 2. The van der Waals surface area contributed by atoms with Crippen molar-refractivity contribution >= 4 is 17.7 Å². The van der Waals surface area contributed by atoms with Crippen molar-refractivity contribution in [1.29, 1.82) is 5.26 Å². The number of hydrogen-bond donors (Lipinski definition) is 3. The number of nitrogens with zero attached hydrogens (tertiary/aromatic N) is 3. The van der Waals surface area contributed by atoms with Crippen LogP contribution in [0.4, 0.5) is 0 Å². The molecular formula is C29H32N4O7S. The molecule has 41 heavy (non-hydrogen) atoms. The van der Waals surface area contributed by atoms with Crippen LogP contribution in [0.25, 0.3) is 0 Å². The number of piperazine rings is 1. The summed E-state index contributed by atoms with van der Waals surface area (Å²) >= 11 is 1.45. The van der Waals surface area contributed by atoms with Crippen molar-refractivity contribution in [2.24, 2.45) is 5.73 Å². The third kappa shape index (κ3) is 3.46. The molecule has 12 heteroatoms. The molecule has 2 aromatic rings. The van der Waals surface area contributed by atoms with E-state index in [4.69, 9.17) is 24.7 Å². The molecule has 2 saturated heterocycles. The molecule has 0 aromatic heterocycles. The minimum absolute atomic E-state index is 0.000740. The van der Waals surface area contributed by atoms with Crippen LogP contribution in [-0.2, 0) is 16.0 Å². The van der Waals surface area contributed by atoms with Crippen molar-refractivity contribution in [3.8, 4) is 34.8 Å². The van der Waals surface area contributed by atoms with Crippen LogP contribution in [0, 0.1) is 25.2 Å². The Labute approximate surface area is 241 Å². The largest absolute Gasteiger partial charge is 0.507 e. The van der Waals surface area contributed by atoms with Gasteiger partial charge < -0.3 is 34.9 Å². The predicted octanol–water partition coefficient (Wildman–Crippen LogP) is 2.34. The Hall–Kier alpha value is -3.37. The van der Waals surface area contributed by atoms with Gasteiger partial charge in [-0.2, -0.15) is 5.26 Å². The summed E-state index contributed by atoms with van der Waals surface area (Å²) < 4.78 is 23.2. The van der Waals surface area contributed by atoms with Gasteiger partial charge in [0.05, 0.1) is 30.5 Å². The molecule has 5 aliphatic heterocycles. The molecule has 4 N–H and O–H groups in total. The second-order valence-corrected chi connectivity index (χ2v) is 12.6. The summed E-state index contributed by atoms with van der Waals surface area (Å²) in [6.07, 6.45) is 0.543. The average molecular weight is 581 g/mol. The minimum atomic E-state index is -0.857. The predicted molar refractivity (Wildman–Crippen MR) is 148 cm³/mol. The van der Waals surface area contributed by atoms with Gasteiger partial charge in [0.25, 0.3) is 0 Å². The van der Waals surface area contributed by atoms with E-state index in [-0.39, 0.29) is 42.7 Å². The van der Waals surface area contributed by atoms with Crippen LogP contribution in [0.1, 0.15) is 50.7 Å². The van der Waals surface area contributed by atoms with Gasteiger partial charge in [-0.15, -0.1) is 11.8 Å². The zero-order valence-corrected chi connectivity index (χ0v) is 24.0. The van der Waals surface area contributed by atoms with Crippen LogP contribution in [0.2, 0.25) is 0 Å². The number of aryl methyl sites for hydroxylation is 1. The van der Waals surface area contributed by atoms with Crippen molar-refractivity contribution in [2.45, 2.75) is 61.8 Å². The van der Waals surface area contributed by atoms with Gasteiger partial charge in [-0.3, -0.25) is 14.6 Å². The highest BCUT2D eigenvalue weighted by Gasteiger charge is 2.60. The first-order chi connectivity index (χ1) is 19.7. The highest BCUT2D eigenvalue weighted by atomic mass is 32.2. The van der Waals surface area contributed by atoms with Crippen molar-refractivity contribution in [1.82, 2.24) is 9.80 Å². The minimum Gasteiger partial charge on any atom is -0.507 e. The fraction of sp³-hybridized carbons (Fsp3) is 0.517. The average Bonchev–Trinajstić information content (AvgIpc) is 3.44. The molecular weight excluding hydrogens is 548 g/mol. The number of esters is 1. The Bertz CT molecular complexity index is 1530. The summed E-state index contributed by atoms with van der Waals surface area (Å²) in [5.41, 5.74) is 10.7. The van der Waals surface area contributed by atoms with Crippen molar-refractivity contribution in [3.05, 3.63) is 39.4 Å². The standard InChI is InChI=1S/C29H32N4O7S/c1-11-5-13-6-15-16(7-30)33-17-8-38-29(36)14(31)9-41-28(20-19(17)27-26(39-10-40-27)12(2)23(20)34)22(33)21(32(15)3)18(13)24(35)25(11)37-4/h5,14-17,21-22,28,34-35H,6,8-10,31H2,1-4H3/t14-,15-,16-,17+,21+,22?,28+/m0/s1. The van der Waals surface area contributed by atoms with E-state index in [1.807, 2.05) is 20.0 Å². The molecule has 0 radical (unpaired) electrons. The lowest BCUT2D eigenvalue weighted by Gasteiger charge is -2.61. The number of thioether (sulfide) groups is 1. The van der Waals surface area contributed by atoms with Crippen LogP contribution >= 0.6 is 11.8 Å². The number of carbonyl (C=O) groups is 1. The number of ether oxygens (including phenoxy) is 4. The number of methoxy groups -OCH3 is 1. The van der Waals surface area contributed by atoms with Gasteiger partial charge >= 0.3 is 5.97 Å². The van der Waals surface area contributed by atoms with Gasteiger partial charge in [-0.1, -0.05) is 6.07 Å². The first-order valence-corrected chi connectivity index (χ1v) is 14.7. The number of nitrogens with two attached hydrogens (primary N) is 1. The fourth-order valence-electron chi connectivity index (χ4n) is 7.72. The molecule has 5 aliphatic rings. The van der Waals surface area contributed by atoms with Gasteiger partial charge in [-0.05, 0) is 38.4 Å². The lowest BCUT2D eigenvalue weighted by Crippen LogP contribution is -2.69. The van der Waals surface area contributed by atoms with Crippen molar-refractivity contribution in [3.63, 3.8) is 0 Å². The first-order valence-electron chi connectivity index (χ1n) is 13.7. The highest BCUT2D eigenvalue weighted by molar-refractivity contribution is 7.99. The number of likely N-dealkylation sites (N-methyl/N-ethyl adjacent to an activating group) is 1. The van der Waals surface area contributed by atoms with Gasteiger partial charge in [0, 0.05) is 40.1 Å². The van der Waals surface area contributed by atoms with E-state index in [0.717, 1.165) is 16.7 Å². The van der Waals surface area contributed by atoms with E-state index in [1.54, 1.807) is 14.0 Å². The Kier molecular flexibility index (Phi) is 6.03. The highest BCUT2D eigenvalue weighted by Crippen LogP contribution is 2.63. The number of aromatic hydroxyl groups is 2. The first kappa shape index (κ1) is 26.5. The molecule has 2 fully saturated rings. The summed E-state index contributed by atoms with van der Waals surface area (Å²) in [5, 5.41) is 33.7. The molecule has 0 amide bonds. The monoisotopic (exact) mass is 580 g/mol. The maximum absolute atomic E-state index is 12.8. The van der Waals surface area contributed by atoms with Gasteiger partial charge in [-0.25, -0.2) is 0 Å². The lowest BCUT2D eigenvalue weighted by molar-refractivity contribution is -0.150. The number of carbonyl (C=O) groups excluding carboxylic acids is 1. The van der Waals surface area contributed by atoms with E-state index in [9.17, 15) is 20.3 Å². The summed E-state index contributed by atoms with van der Waals surface area (Å²) in [7, 11) is 3.53. The molecule has 0 aliphatic carbocycles. The molecule has 4 bridgehead atoms. The number of rotatable bonds is 1. The van der Waals surface area contributed by atoms with Gasteiger partial charge in [0.1, 0.15) is 24.4 Å². The second kappa shape index (κ2) is 9.32. The van der Waals surface area contributed by atoms with Crippen LogP contribution in [0.15, 0.2) is 6.07 Å². The van der Waals surface area contributed by atoms with E-state index < -0.39 is 35.4 Å². The molecule has 0 spiro atoms. The van der Waals surface area contributed by atoms with E-state index in [1.165, 1.54) is 11.8 Å².